The Kier molecular flexibility index (Phi) is 4.31. The van der Waals surface area contributed by atoms with Gasteiger partial charge < -0.3 is 8.98 Å². The van der Waals surface area contributed by atoms with Crippen molar-refractivity contribution >= 4 is 12.4 Å². The Morgan fingerprint density at radius 3 is 2.47 bits per heavy atom. The van der Waals surface area contributed by atoms with Crippen LogP contribution in [0.3, 0.4) is 0 Å². The summed E-state index contributed by atoms with van der Waals surface area (Å²) in [5.74, 6) is 0.956. The highest BCUT2D eigenvalue weighted by Crippen LogP contribution is 2.43. The van der Waals surface area contributed by atoms with E-state index in [4.69, 9.17) is 4.42 Å². The fourth-order valence-corrected chi connectivity index (χ4v) is 4.23. The van der Waals surface area contributed by atoms with Gasteiger partial charge in [0.05, 0.1) is 6.26 Å². The lowest BCUT2D eigenvalue weighted by molar-refractivity contribution is 0.519. The number of rotatable bonds is 5. The second-order valence-electron chi connectivity index (χ2n) is 4.96. The van der Waals surface area contributed by atoms with Crippen LogP contribution in [0.4, 0.5) is 0 Å². The fourth-order valence-electron chi connectivity index (χ4n) is 2.29. The van der Waals surface area contributed by atoms with E-state index < -0.39 is 7.14 Å². The molecule has 0 aliphatic rings. The molecule has 0 aliphatic heterocycles. The Hall–Kier alpha value is -1.27. The van der Waals surface area contributed by atoms with Crippen molar-refractivity contribution < 1.29 is 8.98 Å². The van der Waals surface area contributed by atoms with E-state index in [0.29, 0.717) is 0 Å². The first kappa shape index (κ1) is 14.1. The van der Waals surface area contributed by atoms with Gasteiger partial charge in [-0.05, 0) is 30.2 Å². The van der Waals surface area contributed by atoms with E-state index in [1.165, 1.54) is 0 Å². The lowest BCUT2D eigenvalue weighted by Gasteiger charge is -2.15. The summed E-state index contributed by atoms with van der Waals surface area (Å²) in [6, 6.07) is 10.2. The van der Waals surface area contributed by atoms with Crippen LogP contribution in [0.25, 0.3) is 0 Å². The Balaban J connectivity index is 2.27. The molecule has 0 amide bonds. The normalized spacial score (nSPS) is 11.7. The van der Waals surface area contributed by atoms with Crippen molar-refractivity contribution in [3.63, 3.8) is 0 Å². The first-order valence-corrected chi connectivity index (χ1v) is 8.86. The van der Waals surface area contributed by atoms with Crippen LogP contribution in [0.5, 0.6) is 0 Å². The van der Waals surface area contributed by atoms with Crippen molar-refractivity contribution in [3.05, 3.63) is 53.5 Å². The smallest absolute Gasteiger partial charge is 0.115 e. The van der Waals surface area contributed by atoms with Crippen LogP contribution in [0.2, 0.25) is 0 Å². The van der Waals surface area contributed by atoms with E-state index in [2.05, 4.69) is 12.1 Å². The molecule has 0 N–H and O–H groups in total. The topological polar surface area (TPSA) is 30.2 Å². The number of benzene rings is 1. The number of aryl methyl sites for hydroxylation is 1. The summed E-state index contributed by atoms with van der Waals surface area (Å²) in [6.07, 6.45) is 3.98. The summed E-state index contributed by atoms with van der Waals surface area (Å²) >= 11 is 0. The largest absolute Gasteiger partial charge is 0.469 e. The third-order valence-corrected chi connectivity index (χ3v) is 6.83. The average Bonchev–Trinajstić information content (AvgIpc) is 2.83. The number of hydrogen-bond donors (Lipinski definition) is 0. The Labute approximate surface area is 115 Å². The van der Waals surface area contributed by atoms with Gasteiger partial charge in [0.25, 0.3) is 0 Å². The van der Waals surface area contributed by atoms with E-state index in [-0.39, 0.29) is 0 Å². The summed E-state index contributed by atoms with van der Waals surface area (Å²) in [7, 11) is -2.19. The summed E-state index contributed by atoms with van der Waals surface area (Å²) < 4.78 is 18.2. The molecule has 0 bridgehead atoms. The van der Waals surface area contributed by atoms with Gasteiger partial charge in [-0.1, -0.05) is 32.0 Å². The van der Waals surface area contributed by atoms with Crippen molar-refractivity contribution in [3.8, 4) is 0 Å². The molecule has 19 heavy (non-hydrogen) atoms. The minimum Gasteiger partial charge on any atom is -0.469 e. The van der Waals surface area contributed by atoms with Crippen LogP contribution < -0.4 is 5.30 Å². The molecule has 0 atom stereocenters. The van der Waals surface area contributed by atoms with Gasteiger partial charge >= 0.3 is 0 Å². The molecule has 102 valence electrons. The zero-order valence-electron chi connectivity index (χ0n) is 11.8. The molecule has 3 heteroatoms. The van der Waals surface area contributed by atoms with E-state index in [9.17, 15) is 4.57 Å². The van der Waals surface area contributed by atoms with E-state index in [1.54, 1.807) is 6.26 Å². The molecule has 0 radical (unpaired) electrons. The molecule has 0 saturated carbocycles. The lowest BCUT2D eigenvalue weighted by atomic mass is 10.1. The maximum Gasteiger partial charge on any atom is 0.115 e. The zero-order valence-corrected chi connectivity index (χ0v) is 12.7. The predicted octanol–water partition coefficient (Wildman–Crippen LogP) is 4.21. The van der Waals surface area contributed by atoms with Crippen LogP contribution in [-0.2, 0) is 11.0 Å². The van der Waals surface area contributed by atoms with Gasteiger partial charge in [0.1, 0.15) is 12.9 Å². The van der Waals surface area contributed by atoms with Crippen LogP contribution in [0, 0.1) is 6.92 Å². The van der Waals surface area contributed by atoms with Crippen molar-refractivity contribution in [1.82, 2.24) is 0 Å². The standard InChI is InChI=1S/C16H21O2P/c1-4-19(17,5-2)16-8-6-7-14(11-16)10-15-9-13(3)12-18-15/h6-9,11-12H,4-5,10H2,1-3H3. The molecule has 0 aliphatic carbocycles. The van der Waals surface area contributed by atoms with Gasteiger partial charge in [0.15, 0.2) is 0 Å². The summed E-state index contributed by atoms with van der Waals surface area (Å²) in [5, 5.41) is 0.998. The van der Waals surface area contributed by atoms with Crippen LogP contribution in [0.1, 0.15) is 30.7 Å². The van der Waals surface area contributed by atoms with Crippen LogP contribution in [0.15, 0.2) is 41.0 Å². The van der Waals surface area contributed by atoms with Gasteiger partial charge in [-0.25, -0.2) is 0 Å². The van der Waals surface area contributed by atoms with Gasteiger partial charge in [-0.15, -0.1) is 0 Å². The van der Waals surface area contributed by atoms with Crippen molar-refractivity contribution in [2.24, 2.45) is 0 Å². The van der Waals surface area contributed by atoms with Crippen molar-refractivity contribution in [2.45, 2.75) is 27.2 Å². The lowest BCUT2D eigenvalue weighted by Crippen LogP contribution is -2.09. The molecule has 1 heterocycles. The minimum atomic E-state index is -2.19. The van der Waals surface area contributed by atoms with Crippen molar-refractivity contribution in [2.75, 3.05) is 12.3 Å². The van der Waals surface area contributed by atoms with Gasteiger partial charge in [0.2, 0.25) is 0 Å². The fraction of sp³-hybridized carbons (Fsp3) is 0.375. The van der Waals surface area contributed by atoms with Gasteiger partial charge in [-0.3, -0.25) is 0 Å². The molecule has 2 aromatic rings. The first-order chi connectivity index (χ1) is 9.07. The SMILES string of the molecule is CCP(=O)(CC)c1cccc(Cc2cc(C)co2)c1. The van der Waals surface area contributed by atoms with E-state index in [1.807, 2.05) is 39.0 Å². The second-order valence-corrected chi connectivity index (χ2v) is 8.52. The van der Waals surface area contributed by atoms with Gasteiger partial charge in [-0.2, -0.15) is 0 Å². The Morgan fingerprint density at radius 1 is 1.16 bits per heavy atom. The molecule has 2 rings (SSSR count). The highest BCUT2D eigenvalue weighted by atomic mass is 31.2. The van der Waals surface area contributed by atoms with Crippen LogP contribution in [-0.4, -0.2) is 12.3 Å². The molecule has 0 spiro atoms. The third-order valence-electron chi connectivity index (χ3n) is 3.57. The quantitative estimate of drug-likeness (QED) is 0.766. The Morgan fingerprint density at radius 2 is 1.89 bits per heavy atom. The van der Waals surface area contributed by atoms with Crippen LogP contribution >= 0.6 is 7.14 Å². The highest BCUT2D eigenvalue weighted by molar-refractivity contribution is 7.71. The monoisotopic (exact) mass is 276 g/mol. The molecule has 1 aromatic heterocycles. The van der Waals surface area contributed by atoms with E-state index in [0.717, 1.165) is 40.9 Å². The highest BCUT2D eigenvalue weighted by Gasteiger charge is 2.20. The summed E-state index contributed by atoms with van der Waals surface area (Å²) in [5.41, 5.74) is 2.30. The maximum atomic E-state index is 12.7. The second kappa shape index (κ2) is 5.79. The summed E-state index contributed by atoms with van der Waals surface area (Å²) in [4.78, 5) is 0. The number of furan rings is 1. The molecular weight excluding hydrogens is 255 g/mol. The first-order valence-electron chi connectivity index (χ1n) is 6.79. The minimum absolute atomic E-state index is 0.729. The molecule has 2 nitrogen and oxygen atoms in total. The Bertz CT molecular complexity index is 590. The van der Waals surface area contributed by atoms with Crippen molar-refractivity contribution in [1.29, 1.82) is 0 Å². The molecule has 0 saturated heterocycles. The molecule has 0 unspecified atom stereocenters. The maximum absolute atomic E-state index is 12.7. The molecular formula is C16H21O2P. The van der Waals surface area contributed by atoms with Gasteiger partial charge in [0, 0.05) is 24.0 Å². The predicted molar refractivity (Wildman–Crippen MR) is 81.0 cm³/mol. The summed E-state index contributed by atoms with van der Waals surface area (Å²) in [6.45, 7) is 6.03. The third kappa shape index (κ3) is 3.19. The van der Waals surface area contributed by atoms with E-state index >= 15 is 0 Å². The molecule has 1 aromatic carbocycles. The zero-order chi connectivity index (χ0) is 13.9. The average molecular weight is 276 g/mol. The number of hydrogen-bond acceptors (Lipinski definition) is 2. The molecule has 0 fully saturated rings.